The van der Waals surface area contributed by atoms with Gasteiger partial charge in [0.1, 0.15) is 0 Å². The third-order valence-electron chi connectivity index (χ3n) is 2.25. The van der Waals surface area contributed by atoms with Crippen molar-refractivity contribution in [1.82, 2.24) is 4.98 Å². The Morgan fingerprint density at radius 1 is 1.12 bits per heavy atom. The first-order valence-corrected chi connectivity index (χ1v) is 4.66. The molecular weight excluding hydrogens is 210 g/mol. The lowest BCUT2D eigenvalue weighted by Crippen LogP contribution is -2.15. The second-order valence-corrected chi connectivity index (χ2v) is 3.27. The number of rotatable bonds is 2. The maximum Gasteiger partial charge on any atom is 0.357 e. The van der Waals surface area contributed by atoms with E-state index >= 15 is 0 Å². The van der Waals surface area contributed by atoms with E-state index in [9.17, 15) is 9.59 Å². The molecule has 0 saturated carbocycles. The molecule has 16 heavy (non-hydrogen) atoms. The first-order valence-electron chi connectivity index (χ1n) is 4.66. The van der Waals surface area contributed by atoms with Crippen molar-refractivity contribution >= 4 is 11.9 Å². The fraction of sp³-hybridized carbons (Fsp3) is 0.364. The lowest BCUT2D eigenvalue weighted by Gasteiger charge is -2.08. The van der Waals surface area contributed by atoms with E-state index in [2.05, 4.69) is 14.5 Å². The Balaban J connectivity index is 3.38. The van der Waals surface area contributed by atoms with Crippen LogP contribution in [-0.4, -0.2) is 31.1 Å². The number of ether oxygens (including phenoxy) is 2. The highest BCUT2D eigenvalue weighted by atomic mass is 16.5. The van der Waals surface area contributed by atoms with Gasteiger partial charge in [-0.25, -0.2) is 14.6 Å². The van der Waals surface area contributed by atoms with Gasteiger partial charge in [-0.15, -0.1) is 0 Å². The number of hydrogen-bond donors (Lipinski definition) is 0. The van der Waals surface area contributed by atoms with Crippen molar-refractivity contribution in [2.24, 2.45) is 0 Å². The minimum atomic E-state index is -0.650. The maximum atomic E-state index is 11.4. The van der Waals surface area contributed by atoms with Crippen LogP contribution >= 0.6 is 0 Å². The molecule has 0 saturated heterocycles. The summed E-state index contributed by atoms with van der Waals surface area (Å²) in [5.74, 6) is -1.25. The van der Waals surface area contributed by atoms with Crippen molar-refractivity contribution in [3.63, 3.8) is 0 Å². The molecule has 86 valence electrons. The zero-order chi connectivity index (χ0) is 12.3. The van der Waals surface area contributed by atoms with Crippen LogP contribution in [0.25, 0.3) is 0 Å². The van der Waals surface area contributed by atoms with Gasteiger partial charge in [0.15, 0.2) is 5.69 Å². The summed E-state index contributed by atoms with van der Waals surface area (Å²) in [5.41, 5.74) is 1.59. The lowest BCUT2D eigenvalue weighted by molar-refractivity contribution is 0.0549. The Hall–Kier alpha value is -1.91. The van der Waals surface area contributed by atoms with Crippen LogP contribution in [0.5, 0.6) is 0 Å². The average Bonchev–Trinajstić information content (AvgIpc) is 2.30. The number of methoxy groups -OCH3 is 2. The smallest absolute Gasteiger partial charge is 0.357 e. The second-order valence-electron chi connectivity index (χ2n) is 3.27. The van der Waals surface area contributed by atoms with Gasteiger partial charge in [-0.1, -0.05) is 0 Å². The minimum Gasteiger partial charge on any atom is -0.465 e. The summed E-state index contributed by atoms with van der Waals surface area (Å²) in [7, 11) is 2.48. The molecule has 1 heterocycles. The normalized spacial score (nSPS) is 9.75. The van der Waals surface area contributed by atoms with Crippen molar-refractivity contribution in [3.05, 3.63) is 28.6 Å². The van der Waals surface area contributed by atoms with Gasteiger partial charge >= 0.3 is 11.9 Å². The Labute approximate surface area is 93.4 Å². The predicted molar refractivity (Wildman–Crippen MR) is 56.4 cm³/mol. The van der Waals surface area contributed by atoms with Crippen molar-refractivity contribution in [3.8, 4) is 0 Å². The van der Waals surface area contributed by atoms with Crippen molar-refractivity contribution in [2.45, 2.75) is 13.8 Å². The van der Waals surface area contributed by atoms with Gasteiger partial charge in [0.25, 0.3) is 0 Å². The molecular formula is C11H13NO4. The Morgan fingerprint density at radius 3 is 2.19 bits per heavy atom. The fourth-order valence-electron chi connectivity index (χ4n) is 1.22. The largest absolute Gasteiger partial charge is 0.465 e. The number of esters is 2. The molecule has 0 spiro atoms. The predicted octanol–water partition coefficient (Wildman–Crippen LogP) is 1.27. The highest BCUT2D eigenvalue weighted by Crippen LogP contribution is 2.14. The number of pyridine rings is 1. The van der Waals surface area contributed by atoms with Gasteiger partial charge < -0.3 is 9.47 Å². The number of aromatic nitrogens is 1. The molecule has 1 aromatic rings. The quantitative estimate of drug-likeness (QED) is 0.706. The molecule has 0 atom stereocenters. The summed E-state index contributed by atoms with van der Waals surface area (Å²) >= 11 is 0. The molecule has 0 aliphatic rings. The molecule has 5 heteroatoms. The monoisotopic (exact) mass is 223 g/mol. The zero-order valence-electron chi connectivity index (χ0n) is 9.66. The highest BCUT2D eigenvalue weighted by molar-refractivity contribution is 6.01. The number of carbonyl (C=O) groups is 2. The summed E-state index contributed by atoms with van der Waals surface area (Å²) in [5, 5.41) is 0. The van der Waals surface area contributed by atoms with Gasteiger partial charge in [-0.3, -0.25) is 0 Å². The van der Waals surface area contributed by atoms with Gasteiger partial charge in [-0.05, 0) is 25.5 Å². The SMILES string of the molecule is COC(=O)c1cc(C)c(C)nc1C(=O)OC. The van der Waals surface area contributed by atoms with Crippen LogP contribution in [0.1, 0.15) is 32.1 Å². The van der Waals surface area contributed by atoms with Crippen molar-refractivity contribution in [1.29, 1.82) is 0 Å². The van der Waals surface area contributed by atoms with Gasteiger partial charge in [0.2, 0.25) is 0 Å². The molecule has 0 radical (unpaired) electrons. The molecule has 0 unspecified atom stereocenters. The topological polar surface area (TPSA) is 65.5 Å². The Morgan fingerprint density at radius 2 is 1.69 bits per heavy atom. The molecule has 5 nitrogen and oxygen atoms in total. The van der Waals surface area contributed by atoms with Crippen molar-refractivity contribution < 1.29 is 19.1 Å². The zero-order valence-corrected chi connectivity index (χ0v) is 9.66. The molecule has 1 aromatic heterocycles. The second kappa shape index (κ2) is 4.74. The van der Waals surface area contributed by atoms with Gasteiger partial charge in [0, 0.05) is 5.69 Å². The van der Waals surface area contributed by atoms with E-state index in [1.165, 1.54) is 14.2 Å². The van der Waals surface area contributed by atoms with E-state index in [-0.39, 0.29) is 11.3 Å². The molecule has 0 N–H and O–H groups in total. The molecule has 1 rings (SSSR count). The number of aryl methyl sites for hydroxylation is 2. The number of nitrogens with zero attached hydrogens (tertiary/aromatic N) is 1. The maximum absolute atomic E-state index is 11.4. The van der Waals surface area contributed by atoms with E-state index < -0.39 is 11.9 Å². The number of hydrogen-bond acceptors (Lipinski definition) is 5. The van der Waals surface area contributed by atoms with E-state index in [4.69, 9.17) is 0 Å². The molecule has 0 aliphatic carbocycles. The van der Waals surface area contributed by atoms with Crippen LogP contribution in [0.4, 0.5) is 0 Å². The van der Waals surface area contributed by atoms with Crippen LogP contribution in [0.15, 0.2) is 6.07 Å². The van der Waals surface area contributed by atoms with E-state index in [1.807, 2.05) is 0 Å². The first-order chi connectivity index (χ1) is 7.51. The van der Waals surface area contributed by atoms with E-state index in [0.29, 0.717) is 5.69 Å². The summed E-state index contributed by atoms with van der Waals surface area (Å²) in [6, 6.07) is 1.57. The van der Waals surface area contributed by atoms with Crippen LogP contribution < -0.4 is 0 Å². The molecule has 0 bridgehead atoms. The summed E-state index contributed by atoms with van der Waals surface area (Å²) in [6.45, 7) is 3.55. The van der Waals surface area contributed by atoms with Gasteiger partial charge in [0.05, 0.1) is 19.8 Å². The highest BCUT2D eigenvalue weighted by Gasteiger charge is 2.21. The summed E-state index contributed by atoms with van der Waals surface area (Å²) < 4.78 is 9.14. The van der Waals surface area contributed by atoms with Crippen LogP contribution in [-0.2, 0) is 9.47 Å². The summed E-state index contributed by atoms with van der Waals surface area (Å²) in [4.78, 5) is 26.9. The lowest BCUT2D eigenvalue weighted by atomic mass is 10.1. The number of carbonyl (C=O) groups excluding carboxylic acids is 2. The molecule has 0 fully saturated rings. The van der Waals surface area contributed by atoms with E-state index in [0.717, 1.165) is 5.56 Å². The summed E-state index contributed by atoms with van der Waals surface area (Å²) in [6.07, 6.45) is 0. The fourth-order valence-corrected chi connectivity index (χ4v) is 1.22. The van der Waals surface area contributed by atoms with Crippen LogP contribution in [0.2, 0.25) is 0 Å². The molecule has 0 aliphatic heterocycles. The third kappa shape index (κ3) is 2.18. The van der Waals surface area contributed by atoms with Gasteiger partial charge in [-0.2, -0.15) is 0 Å². The molecule has 0 aromatic carbocycles. The minimum absolute atomic E-state index is 0.0162. The third-order valence-corrected chi connectivity index (χ3v) is 2.25. The van der Waals surface area contributed by atoms with Crippen molar-refractivity contribution in [2.75, 3.05) is 14.2 Å². The first kappa shape index (κ1) is 12.2. The Kier molecular flexibility index (Phi) is 3.60. The standard InChI is InChI=1S/C11H13NO4/c1-6-5-8(10(13)15-3)9(11(14)16-4)12-7(6)2/h5H,1-4H3. The Bertz CT molecular complexity index is 399. The van der Waals surface area contributed by atoms with Crippen LogP contribution in [0, 0.1) is 13.8 Å². The average molecular weight is 223 g/mol. The van der Waals surface area contributed by atoms with E-state index in [1.54, 1.807) is 19.9 Å². The van der Waals surface area contributed by atoms with Crippen LogP contribution in [0.3, 0.4) is 0 Å². The molecule has 0 amide bonds.